The van der Waals surface area contributed by atoms with Crippen LogP contribution in [0.4, 0.5) is 0 Å². The Labute approximate surface area is 210 Å². The molecule has 0 amide bonds. The Kier molecular flexibility index (Phi) is 3.36. The molecule has 0 saturated carbocycles. The van der Waals surface area contributed by atoms with E-state index in [0.29, 0.717) is 0 Å². The van der Waals surface area contributed by atoms with Gasteiger partial charge >= 0.3 is 0 Å². The van der Waals surface area contributed by atoms with E-state index >= 15 is 0 Å². The van der Waals surface area contributed by atoms with Gasteiger partial charge in [0.25, 0.3) is 0 Å². The van der Waals surface area contributed by atoms with Crippen LogP contribution in [0.5, 0.6) is 0 Å². The van der Waals surface area contributed by atoms with Crippen molar-refractivity contribution in [2.45, 2.75) is 11.8 Å². The fraction of sp³-hybridized carbons (Fsp3) is 0.0556. The van der Waals surface area contributed by atoms with Crippen molar-refractivity contribution in [3.63, 3.8) is 0 Å². The molecule has 0 atom stereocenters. The van der Waals surface area contributed by atoms with Crippen LogP contribution in [0, 0.1) is 0 Å². The third kappa shape index (κ3) is 1.98. The fourth-order valence-corrected chi connectivity index (χ4v) is 7.74. The zero-order valence-corrected chi connectivity index (χ0v) is 19.8. The number of rotatable bonds is 0. The van der Waals surface area contributed by atoms with Gasteiger partial charge in [-0.25, -0.2) is 0 Å². The highest BCUT2D eigenvalue weighted by Crippen LogP contribution is 2.66. The third-order valence-electron chi connectivity index (χ3n) is 8.90. The average molecular weight is 455 g/mol. The first kappa shape index (κ1) is 18.9. The lowest BCUT2D eigenvalue weighted by molar-refractivity contribution is 0.784. The van der Waals surface area contributed by atoms with Gasteiger partial charge in [-0.15, -0.1) is 0 Å². The largest absolute Gasteiger partial charge is 0.0728 e. The van der Waals surface area contributed by atoms with Crippen molar-refractivity contribution < 1.29 is 0 Å². The summed E-state index contributed by atoms with van der Waals surface area (Å²) in [6, 6.07) is 45.5. The summed E-state index contributed by atoms with van der Waals surface area (Å²) in [5.74, 6) is 0. The first-order chi connectivity index (χ1) is 17.9. The molecule has 6 aromatic rings. The van der Waals surface area contributed by atoms with Gasteiger partial charge in [-0.05, 0) is 84.0 Å². The maximum Gasteiger partial charge on any atom is 0.0728 e. The summed E-state index contributed by atoms with van der Waals surface area (Å²) in [4.78, 5) is 0. The standard InChI is InChI=1S/C36H22/c1-2-12-23-22(11-1)21-29-33(23)26-15-3-4-16-27(26)34-28-17-7-10-20-32(28)36(35(29)34)30-18-8-5-13-24(30)25-14-6-9-19-31(25)36/h1-20H,21H2. The molecule has 0 N–H and O–H groups in total. The van der Waals surface area contributed by atoms with E-state index in [-0.39, 0.29) is 5.41 Å². The molecule has 0 bridgehead atoms. The highest BCUT2D eigenvalue weighted by molar-refractivity contribution is 6.14. The molecule has 0 aromatic heterocycles. The first-order valence-corrected chi connectivity index (χ1v) is 12.8. The van der Waals surface area contributed by atoms with Crippen LogP contribution in [0.25, 0.3) is 44.2 Å². The van der Waals surface area contributed by atoms with Crippen LogP contribution in [-0.2, 0) is 11.8 Å². The van der Waals surface area contributed by atoms with E-state index in [1.807, 2.05) is 0 Å². The summed E-state index contributed by atoms with van der Waals surface area (Å²) in [6.07, 6.45) is 0.985. The van der Waals surface area contributed by atoms with Crippen LogP contribution in [0.1, 0.15) is 33.4 Å². The molecule has 0 heteroatoms. The lowest BCUT2D eigenvalue weighted by atomic mass is 9.68. The zero-order chi connectivity index (χ0) is 23.4. The van der Waals surface area contributed by atoms with Gasteiger partial charge < -0.3 is 0 Å². The molecule has 0 saturated heterocycles. The molecular weight excluding hydrogens is 432 g/mol. The average Bonchev–Trinajstić information content (AvgIpc) is 3.58. The van der Waals surface area contributed by atoms with E-state index in [2.05, 4.69) is 121 Å². The zero-order valence-electron chi connectivity index (χ0n) is 19.8. The molecule has 0 nitrogen and oxygen atoms in total. The molecule has 1 spiro atoms. The molecule has 9 rings (SSSR count). The van der Waals surface area contributed by atoms with Gasteiger partial charge in [0.05, 0.1) is 5.41 Å². The van der Waals surface area contributed by atoms with E-state index in [0.717, 1.165) is 6.42 Å². The van der Waals surface area contributed by atoms with E-state index in [1.165, 1.54) is 77.5 Å². The molecule has 6 aromatic carbocycles. The van der Waals surface area contributed by atoms with Crippen molar-refractivity contribution in [2.75, 3.05) is 0 Å². The minimum atomic E-state index is -0.296. The van der Waals surface area contributed by atoms with Crippen molar-refractivity contribution in [2.24, 2.45) is 0 Å². The predicted octanol–water partition coefficient (Wildman–Crippen LogP) is 8.75. The Morgan fingerprint density at radius 3 is 1.56 bits per heavy atom. The van der Waals surface area contributed by atoms with Gasteiger partial charge in [-0.3, -0.25) is 0 Å². The first-order valence-electron chi connectivity index (χ1n) is 12.8. The minimum absolute atomic E-state index is 0.296. The van der Waals surface area contributed by atoms with Crippen LogP contribution in [-0.4, -0.2) is 0 Å². The second-order valence-corrected chi connectivity index (χ2v) is 10.4. The SMILES string of the molecule is c1ccc2c(c1)Cc1c3c(c4ccccc4c1-2)-c1ccccc1C31c2ccccc2-c2ccccc21. The second-order valence-electron chi connectivity index (χ2n) is 10.4. The molecule has 0 radical (unpaired) electrons. The highest BCUT2D eigenvalue weighted by atomic mass is 14.5. The van der Waals surface area contributed by atoms with E-state index in [1.54, 1.807) is 0 Å². The number of fused-ring (bicyclic) bond motifs is 17. The normalized spacial score (nSPS) is 14.8. The summed E-state index contributed by atoms with van der Waals surface area (Å²) in [7, 11) is 0. The van der Waals surface area contributed by atoms with Crippen LogP contribution in [0.3, 0.4) is 0 Å². The van der Waals surface area contributed by atoms with Gasteiger partial charge in [0.15, 0.2) is 0 Å². The minimum Gasteiger partial charge on any atom is -0.0619 e. The van der Waals surface area contributed by atoms with Gasteiger partial charge in [0, 0.05) is 0 Å². The van der Waals surface area contributed by atoms with E-state index < -0.39 is 0 Å². The monoisotopic (exact) mass is 454 g/mol. The predicted molar refractivity (Wildman–Crippen MR) is 148 cm³/mol. The molecule has 0 fully saturated rings. The Bertz CT molecular complexity index is 1870. The van der Waals surface area contributed by atoms with Crippen molar-refractivity contribution >= 4 is 10.8 Å². The summed E-state index contributed by atoms with van der Waals surface area (Å²) in [5, 5.41) is 2.75. The summed E-state index contributed by atoms with van der Waals surface area (Å²) in [6.45, 7) is 0. The van der Waals surface area contributed by atoms with Gasteiger partial charge in [-0.2, -0.15) is 0 Å². The Morgan fingerprint density at radius 1 is 0.417 bits per heavy atom. The van der Waals surface area contributed by atoms with Crippen LogP contribution in [0.2, 0.25) is 0 Å². The van der Waals surface area contributed by atoms with Gasteiger partial charge in [0.2, 0.25) is 0 Å². The van der Waals surface area contributed by atoms with Crippen molar-refractivity contribution in [1.82, 2.24) is 0 Å². The Balaban J connectivity index is 1.57. The second kappa shape index (κ2) is 6.42. The molecule has 0 aliphatic heterocycles. The molecule has 3 aliphatic carbocycles. The molecule has 166 valence electrons. The van der Waals surface area contributed by atoms with Crippen LogP contribution < -0.4 is 0 Å². The molecule has 0 unspecified atom stereocenters. The number of hydrogen-bond acceptors (Lipinski definition) is 0. The number of benzene rings is 6. The number of hydrogen-bond donors (Lipinski definition) is 0. The van der Waals surface area contributed by atoms with Crippen molar-refractivity contribution in [3.8, 4) is 33.4 Å². The van der Waals surface area contributed by atoms with Gasteiger partial charge in [-0.1, -0.05) is 121 Å². The maximum absolute atomic E-state index is 2.39. The Morgan fingerprint density at radius 2 is 0.889 bits per heavy atom. The summed E-state index contributed by atoms with van der Waals surface area (Å²) in [5.41, 5.74) is 16.8. The molecule has 36 heavy (non-hydrogen) atoms. The van der Waals surface area contributed by atoms with Crippen LogP contribution in [0.15, 0.2) is 121 Å². The Hall–Kier alpha value is -4.42. The summed E-state index contributed by atoms with van der Waals surface area (Å²) >= 11 is 0. The lowest BCUT2D eigenvalue weighted by Gasteiger charge is -2.32. The smallest absolute Gasteiger partial charge is 0.0619 e. The summed E-state index contributed by atoms with van der Waals surface area (Å²) < 4.78 is 0. The molecule has 3 aliphatic rings. The molecular formula is C36H22. The third-order valence-corrected chi connectivity index (χ3v) is 8.90. The van der Waals surface area contributed by atoms with Crippen LogP contribution >= 0.6 is 0 Å². The van der Waals surface area contributed by atoms with Crippen molar-refractivity contribution in [1.29, 1.82) is 0 Å². The quantitative estimate of drug-likeness (QED) is 0.215. The van der Waals surface area contributed by atoms with E-state index in [4.69, 9.17) is 0 Å². The van der Waals surface area contributed by atoms with Crippen molar-refractivity contribution in [3.05, 3.63) is 155 Å². The fourth-order valence-electron chi connectivity index (χ4n) is 7.74. The van der Waals surface area contributed by atoms with Gasteiger partial charge in [0.1, 0.15) is 0 Å². The highest BCUT2D eigenvalue weighted by Gasteiger charge is 2.53. The van der Waals surface area contributed by atoms with E-state index in [9.17, 15) is 0 Å². The topological polar surface area (TPSA) is 0 Å². The molecule has 0 heterocycles. The maximum atomic E-state index is 2.39. The lowest BCUT2D eigenvalue weighted by Crippen LogP contribution is -2.27.